The maximum Gasteiger partial charge on any atom is 0.490 e. The molecule has 0 aromatic carbocycles. The number of hydrogen-bond donors (Lipinski definition) is 7. The number of phosphoric acid groups is 3. The second-order valence-corrected chi connectivity index (χ2v) is 10.6. The fourth-order valence-electron chi connectivity index (χ4n) is 2.66. The molecule has 1 fully saturated rings. The van der Waals surface area contributed by atoms with Crippen LogP contribution in [-0.2, 0) is 31.6 Å². The number of phosphoric ester groups is 1. The van der Waals surface area contributed by atoms with Crippen molar-refractivity contribution in [3.05, 3.63) is 12.4 Å². The Balaban J connectivity index is 1.72. The molecule has 0 aliphatic carbocycles. The van der Waals surface area contributed by atoms with Gasteiger partial charge in [-0.1, -0.05) is 0 Å². The van der Waals surface area contributed by atoms with Crippen LogP contribution in [0.25, 0.3) is 11.2 Å². The molecule has 22 heteroatoms. The highest BCUT2D eigenvalue weighted by Gasteiger charge is 2.47. The van der Waals surface area contributed by atoms with Crippen LogP contribution >= 0.6 is 23.5 Å². The Bertz CT molecular complexity index is 1160. The lowest BCUT2D eigenvalue weighted by atomic mass is 10.1. The van der Waals surface area contributed by atoms with Crippen LogP contribution in [0.15, 0.2) is 6.33 Å². The van der Waals surface area contributed by atoms with Crippen molar-refractivity contribution in [1.29, 1.82) is 0 Å². The summed E-state index contributed by atoms with van der Waals surface area (Å²) >= 11 is 0. The summed E-state index contributed by atoms with van der Waals surface area (Å²) in [4.78, 5) is 46.1. The summed E-state index contributed by atoms with van der Waals surface area (Å²) in [5, 5.41) is 20.4. The normalized spacial score (nSPS) is 28.0. The number of rotatable bonds is 8. The molecule has 3 heterocycles. The molecular formula is C10H15FN5O13P3. The third kappa shape index (κ3) is 5.73. The predicted molar refractivity (Wildman–Crippen MR) is 95.4 cm³/mol. The minimum absolute atomic E-state index is 0.0478. The van der Waals surface area contributed by atoms with E-state index >= 15 is 0 Å². The van der Waals surface area contributed by atoms with Crippen molar-refractivity contribution in [2.75, 3.05) is 12.3 Å². The number of aromatic nitrogens is 4. The van der Waals surface area contributed by atoms with Gasteiger partial charge in [0, 0.05) is 0 Å². The summed E-state index contributed by atoms with van der Waals surface area (Å²) in [5.74, 6) is -0.316. The highest BCUT2D eigenvalue weighted by molar-refractivity contribution is 7.66. The van der Waals surface area contributed by atoms with E-state index in [9.17, 15) is 33.2 Å². The van der Waals surface area contributed by atoms with Crippen LogP contribution in [0.5, 0.6) is 0 Å². The van der Waals surface area contributed by atoms with E-state index in [1.165, 1.54) is 0 Å². The van der Waals surface area contributed by atoms with Crippen molar-refractivity contribution in [2.24, 2.45) is 0 Å². The average molecular weight is 525 g/mol. The van der Waals surface area contributed by atoms with Crippen LogP contribution in [-0.4, -0.2) is 74.2 Å². The van der Waals surface area contributed by atoms with Gasteiger partial charge in [0.1, 0.15) is 18.3 Å². The number of imidazole rings is 1. The van der Waals surface area contributed by atoms with E-state index < -0.39 is 60.7 Å². The number of nitrogen functional groups attached to an aromatic ring is 1. The van der Waals surface area contributed by atoms with Crippen LogP contribution in [0.4, 0.5) is 10.2 Å². The number of halogens is 1. The van der Waals surface area contributed by atoms with E-state index in [0.717, 1.165) is 10.9 Å². The number of aliphatic hydroxyl groups is 2. The number of ether oxygens (including phenoxy) is 1. The molecule has 0 amide bonds. The van der Waals surface area contributed by atoms with E-state index in [-0.39, 0.29) is 17.0 Å². The summed E-state index contributed by atoms with van der Waals surface area (Å²) in [7, 11) is -16.8. The van der Waals surface area contributed by atoms with Gasteiger partial charge in [0.25, 0.3) is 0 Å². The van der Waals surface area contributed by atoms with Crippen molar-refractivity contribution >= 4 is 40.4 Å². The smallest absolute Gasteiger partial charge is 0.387 e. The summed E-state index contributed by atoms with van der Waals surface area (Å²) in [6.45, 7) is -1.03. The fourth-order valence-corrected chi connectivity index (χ4v) is 5.69. The van der Waals surface area contributed by atoms with Crippen LogP contribution in [0.3, 0.4) is 0 Å². The summed E-state index contributed by atoms with van der Waals surface area (Å²) in [5.41, 5.74) is 5.27. The summed E-state index contributed by atoms with van der Waals surface area (Å²) in [6.07, 6.45) is -6.68. The molecule has 2 aromatic rings. The highest BCUT2D eigenvalue weighted by atomic mass is 31.3. The third-order valence-corrected chi connectivity index (χ3v) is 7.65. The average Bonchev–Trinajstić information content (AvgIpc) is 3.12. The van der Waals surface area contributed by atoms with Crippen molar-refractivity contribution in [2.45, 2.75) is 24.5 Å². The van der Waals surface area contributed by atoms with Gasteiger partial charge in [0.2, 0.25) is 0 Å². The number of aliphatic hydroxyl groups excluding tert-OH is 2. The van der Waals surface area contributed by atoms with E-state index in [1.54, 1.807) is 0 Å². The first-order valence-corrected chi connectivity index (χ1v) is 12.6. The topological polar surface area (TPSA) is 279 Å². The Morgan fingerprint density at radius 1 is 1.09 bits per heavy atom. The maximum atomic E-state index is 13.5. The molecular weight excluding hydrogens is 510 g/mol. The first-order valence-electron chi connectivity index (χ1n) is 8.04. The van der Waals surface area contributed by atoms with Crippen LogP contribution in [0.2, 0.25) is 0 Å². The van der Waals surface area contributed by atoms with E-state index in [0.29, 0.717) is 0 Å². The fraction of sp³-hybridized carbons (Fsp3) is 0.500. The Morgan fingerprint density at radius 3 is 2.38 bits per heavy atom. The Morgan fingerprint density at radius 2 is 1.75 bits per heavy atom. The van der Waals surface area contributed by atoms with Crippen molar-refractivity contribution in [3.8, 4) is 0 Å². The lowest BCUT2D eigenvalue weighted by molar-refractivity contribution is -0.0503. The van der Waals surface area contributed by atoms with Gasteiger partial charge in [0.15, 0.2) is 23.2 Å². The molecule has 8 N–H and O–H groups in total. The van der Waals surface area contributed by atoms with Gasteiger partial charge in [-0.2, -0.15) is 23.0 Å². The Hall–Kier alpha value is -1.43. The van der Waals surface area contributed by atoms with E-state index in [2.05, 4.69) is 28.1 Å². The molecule has 1 aliphatic rings. The van der Waals surface area contributed by atoms with Gasteiger partial charge < -0.3 is 40.3 Å². The van der Waals surface area contributed by atoms with Crippen molar-refractivity contribution in [3.63, 3.8) is 0 Å². The molecule has 0 saturated carbocycles. The number of fused-ring (bicyclic) bond motifs is 1. The van der Waals surface area contributed by atoms with Gasteiger partial charge in [-0.3, -0.25) is 9.09 Å². The first-order chi connectivity index (χ1) is 14.6. The van der Waals surface area contributed by atoms with Crippen molar-refractivity contribution in [1.82, 2.24) is 19.5 Å². The van der Waals surface area contributed by atoms with E-state index in [1.807, 2.05) is 0 Å². The highest BCUT2D eigenvalue weighted by Crippen LogP contribution is 2.66. The van der Waals surface area contributed by atoms with Gasteiger partial charge >= 0.3 is 29.5 Å². The number of hydrogen-bond acceptors (Lipinski definition) is 13. The quantitative estimate of drug-likeness (QED) is 0.153. The Kier molecular flexibility index (Phi) is 6.88. The zero-order valence-electron chi connectivity index (χ0n) is 15.2. The minimum atomic E-state index is -5.74. The number of nitrogens with two attached hydrogens (primary N) is 1. The van der Waals surface area contributed by atoms with E-state index in [4.69, 9.17) is 25.2 Å². The largest absolute Gasteiger partial charge is 0.490 e. The second kappa shape index (κ2) is 8.73. The molecule has 18 nitrogen and oxygen atoms in total. The minimum Gasteiger partial charge on any atom is -0.387 e. The molecule has 6 unspecified atom stereocenters. The summed E-state index contributed by atoms with van der Waals surface area (Å²) < 4.78 is 65.0. The zero-order chi connectivity index (χ0) is 24.1. The van der Waals surface area contributed by atoms with Crippen LogP contribution in [0, 0.1) is 6.08 Å². The maximum absolute atomic E-state index is 13.5. The molecule has 180 valence electrons. The van der Waals surface area contributed by atoms with Gasteiger partial charge in [0.05, 0.1) is 12.9 Å². The molecule has 0 bridgehead atoms. The van der Waals surface area contributed by atoms with Gasteiger partial charge in [-0.15, -0.1) is 0 Å². The molecule has 32 heavy (non-hydrogen) atoms. The molecule has 0 spiro atoms. The third-order valence-electron chi connectivity index (χ3n) is 3.85. The molecule has 2 aromatic heterocycles. The molecule has 3 rings (SSSR count). The second-order valence-electron chi connectivity index (χ2n) is 6.13. The molecule has 6 atom stereocenters. The molecule has 1 saturated heterocycles. The Labute approximate surface area is 175 Å². The zero-order valence-corrected chi connectivity index (χ0v) is 17.9. The first kappa shape index (κ1) is 25.2. The van der Waals surface area contributed by atoms with Crippen molar-refractivity contribution < 1.29 is 65.8 Å². The predicted octanol–water partition coefficient (Wildman–Crippen LogP) is -1.49. The molecule has 1 aliphatic heterocycles. The van der Waals surface area contributed by atoms with Gasteiger partial charge in [-0.25, -0.2) is 18.7 Å². The van der Waals surface area contributed by atoms with Gasteiger partial charge in [-0.05, 0) is 0 Å². The number of anilines is 1. The van der Waals surface area contributed by atoms with Crippen LogP contribution in [0.1, 0.15) is 6.23 Å². The molecule has 0 radical (unpaired) electrons. The lowest BCUT2D eigenvalue weighted by Gasteiger charge is -2.19. The summed E-state index contributed by atoms with van der Waals surface area (Å²) in [6, 6.07) is 0. The van der Waals surface area contributed by atoms with Crippen LogP contribution < -0.4 is 5.73 Å². The monoisotopic (exact) mass is 525 g/mol. The SMILES string of the molecule is Nc1nc(F)nc2c1ncn2C1OC(COP(=O)(O)OP(=O)(O)OP(=O)(O)O)C(O)C1O. The standard InChI is InChI=1S/C10H15FN5O13P3/c11-10-14-7(12)4-8(15-10)16(2-13-4)9-6(18)5(17)3(27-9)1-26-31(22,23)29-32(24,25)28-30(19,20)21/h2-3,5-6,9,17-18H,1H2,(H,22,23)(H,24,25)(H2,12,14,15)(H2,19,20,21). The number of nitrogens with zero attached hydrogens (tertiary/aromatic N) is 4. The lowest BCUT2D eigenvalue weighted by Crippen LogP contribution is -2.33.